The Kier molecular flexibility index (Phi) is 9.39. The monoisotopic (exact) mass is 448 g/mol. The molecule has 1 saturated heterocycles. The lowest BCUT2D eigenvalue weighted by atomic mass is 9.50. The van der Waals surface area contributed by atoms with Crippen molar-refractivity contribution in [1.82, 2.24) is 10.4 Å². The average Bonchev–Trinajstić information content (AvgIpc) is 2.50. The third kappa shape index (κ3) is 7.21. The Morgan fingerprint density at radius 3 is 1.88 bits per heavy atom. The van der Waals surface area contributed by atoms with Crippen molar-refractivity contribution in [2.24, 2.45) is 27.6 Å². The van der Waals surface area contributed by atoms with Crippen LogP contribution in [-0.2, 0) is 0 Å². The van der Waals surface area contributed by atoms with Gasteiger partial charge in [-0.2, -0.15) is 0 Å². The molecule has 2 aliphatic rings. The lowest BCUT2D eigenvalue weighted by molar-refractivity contribution is -0.153. The maximum atomic E-state index is 4.07. The molecule has 1 heterocycles. The molecule has 2 nitrogen and oxygen atoms in total. The number of hydrogen-bond donors (Lipinski definition) is 1. The maximum absolute atomic E-state index is 4.07. The van der Waals surface area contributed by atoms with E-state index in [-0.39, 0.29) is 11.0 Å². The van der Waals surface area contributed by atoms with Gasteiger partial charge in [-0.15, -0.1) is 0 Å². The zero-order valence-electron chi connectivity index (χ0n) is 23.9. The van der Waals surface area contributed by atoms with Crippen LogP contribution >= 0.6 is 0 Å². The molecule has 1 aliphatic carbocycles. The minimum atomic E-state index is 0.201. The Bertz CT molecular complexity index is 554. The lowest BCUT2D eigenvalue weighted by Crippen LogP contribution is -2.69. The van der Waals surface area contributed by atoms with E-state index in [1.165, 1.54) is 83.6 Å². The summed E-state index contributed by atoms with van der Waals surface area (Å²) in [7, 11) is 0. The molecule has 0 aromatic rings. The maximum Gasteiger partial charge on any atom is 0.0438 e. The highest BCUT2D eigenvalue weighted by Crippen LogP contribution is 2.58. The van der Waals surface area contributed by atoms with Crippen molar-refractivity contribution in [3.8, 4) is 0 Å². The standard InChI is InChI=1S/C30H60N2/c1-26(2,3)23-28(7,8)25-19-15-11-12-16-20-30(25,29(9,10)24-27(4,5)6)32-22-18-14-13-17-21-31-32/h25,31H,11-24H2,1-10H3. The molecule has 0 aromatic heterocycles. The molecular weight excluding hydrogens is 388 g/mol. The molecule has 2 rings (SSSR count). The highest BCUT2D eigenvalue weighted by atomic mass is 15.5. The number of rotatable bonds is 5. The molecule has 0 bridgehead atoms. The minimum Gasteiger partial charge on any atom is -0.255 e. The van der Waals surface area contributed by atoms with Crippen LogP contribution in [0.15, 0.2) is 0 Å². The van der Waals surface area contributed by atoms with E-state index in [1.807, 2.05) is 0 Å². The van der Waals surface area contributed by atoms with Gasteiger partial charge in [-0.05, 0) is 66.1 Å². The van der Waals surface area contributed by atoms with Gasteiger partial charge in [-0.3, -0.25) is 5.43 Å². The molecule has 2 fully saturated rings. The summed E-state index contributed by atoms with van der Waals surface area (Å²) in [6.07, 6.45) is 16.4. The Balaban J connectivity index is 2.66. The quantitative estimate of drug-likeness (QED) is 0.451. The van der Waals surface area contributed by atoms with Crippen molar-refractivity contribution in [1.29, 1.82) is 0 Å². The van der Waals surface area contributed by atoms with Crippen LogP contribution in [0.1, 0.15) is 146 Å². The van der Waals surface area contributed by atoms with Crippen LogP contribution in [0.5, 0.6) is 0 Å². The Hall–Kier alpha value is -0.0800. The van der Waals surface area contributed by atoms with Gasteiger partial charge in [-0.1, -0.05) is 108 Å². The van der Waals surface area contributed by atoms with Crippen molar-refractivity contribution in [3.63, 3.8) is 0 Å². The molecule has 0 radical (unpaired) electrons. The third-order valence-electron chi connectivity index (χ3n) is 8.54. The fourth-order valence-corrected chi connectivity index (χ4v) is 8.40. The van der Waals surface area contributed by atoms with E-state index in [4.69, 9.17) is 0 Å². The summed E-state index contributed by atoms with van der Waals surface area (Å²) in [5, 5.41) is 2.86. The van der Waals surface area contributed by atoms with Crippen molar-refractivity contribution in [3.05, 3.63) is 0 Å². The Morgan fingerprint density at radius 2 is 1.25 bits per heavy atom. The van der Waals surface area contributed by atoms with Gasteiger partial charge in [0.25, 0.3) is 0 Å². The van der Waals surface area contributed by atoms with Gasteiger partial charge in [-0.25, -0.2) is 5.01 Å². The van der Waals surface area contributed by atoms with Crippen molar-refractivity contribution in [2.45, 2.75) is 152 Å². The minimum absolute atomic E-state index is 0.201. The van der Waals surface area contributed by atoms with Gasteiger partial charge in [0, 0.05) is 18.6 Å². The number of nitrogens with zero attached hydrogens (tertiary/aromatic N) is 1. The van der Waals surface area contributed by atoms with E-state index in [9.17, 15) is 0 Å². The van der Waals surface area contributed by atoms with Crippen LogP contribution in [0.25, 0.3) is 0 Å². The first-order valence-corrected chi connectivity index (χ1v) is 14.1. The second-order valence-corrected chi connectivity index (χ2v) is 15.3. The van der Waals surface area contributed by atoms with Crippen molar-refractivity contribution >= 4 is 0 Å². The SMILES string of the molecule is CC(C)(C)CC(C)(C)C1CCCCCCC1(N1CCCCCCN1)C(C)(C)CC(C)(C)C. The summed E-state index contributed by atoms with van der Waals surface area (Å²) < 4.78 is 0. The highest BCUT2D eigenvalue weighted by Gasteiger charge is 2.58. The van der Waals surface area contributed by atoms with Crippen LogP contribution in [-0.4, -0.2) is 23.6 Å². The van der Waals surface area contributed by atoms with E-state index in [0.717, 1.165) is 6.54 Å². The molecular formula is C30H60N2. The first-order chi connectivity index (χ1) is 14.6. The zero-order valence-corrected chi connectivity index (χ0v) is 23.9. The number of hydrogen-bond acceptors (Lipinski definition) is 2. The first kappa shape index (κ1) is 28.2. The lowest BCUT2D eigenvalue weighted by Gasteiger charge is -2.63. The van der Waals surface area contributed by atoms with Crippen molar-refractivity contribution < 1.29 is 0 Å². The molecule has 1 aliphatic heterocycles. The topological polar surface area (TPSA) is 15.3 Å². The van der Waals surface area contributed by atoms with E-state index >= 15 is 0 Å². The van der Waals surface area contributed by atoms with Gasteiger partial charge in [0.1, 0.15) is 0 Å². The summed E-state index contributed by atoms with van der Waals surface area (Å²) in [5.74, 6) is 0.707. The highest BCUT2D eigenvalue weighted by molar-refractivity contribution is 5.10. The van der Waals surface area contributed by atoms with Crippen molar-refractivity contribution in [2.75, 3.05) is 13.1 Å². The van der Waals surface area contributed by atoms with Gasteiger partial charge in [0.2, 0.25) is 0 Å². The van der Waals surface area contributed by atoms with Crippen LogP contribution in [0, 0.1) is 27.6 Å². The molecule has 2 unspecified atom stereocenters. The molecule has 190 valence electrons. The van der Waals surface area contributed by atoms with E-state index < -0.39 is 0 Å². The van der Waals surface area contributed by atoms with E-state index in [1.54, 1.807) is 0 Å². The molecule has 0 spiro atoms. The molecule has 1 N–H and O–H groups in total. The Labute approximate surface area is 203 Å². The fourth-order valence-electron chi connectivity index (χ4n) is 8.40. The van der Waals surface area contributed by atoms with Crippen LogP contribution < -0.4 is 5.43 Å². The number of hydrazine groups is 1. The summed E-state index contributed by atoms with van der Waals surface area (Å²) in [6, 6.07) is 0. The molecule has 1 saturated carbocycles. The summed E-state index contributed by atoms with van der Waals surface area (Å²) in [6.45, 7) is 27.6. The number of nitrogens with one attached hydrogen (secondary N) is 1. The largest absolute Gasteiger partial charge is 0.255 e. The second-order valence-electron chi connectivity index (χ2n) is 15.3. The van der Waals surface area contributed by atoms with E-state index in [2.05, 4.69) is 79.7 Å². The van der Waals surface area contributed by atoms with E-state index in [0.29, 0.717) is 22.2 Å². The predicted molar refractivity (Wildman–Crippen MR) is 143 cm³/mol. The third-order valence-corrected chi connectivity index (χ3v) is 8.54. The first-order valence-electron chi connectivity index (χ1n) is 14.1. The smallest absolute Gasteiger partial charge is 0.0438 e. The van der Waals surface area contributed by atoms with Gasteiger partial charge < -0.3 is 0 Å². The summed E-state index contributed by atoms with van der Waals surface area (Å²) >= 11 is 0. The van der Waals surface area contributed by atoms with Gasteiger partial charge in [0.15, 0.2) is 0 Å². The van der Waals surface area contributed by atoms with Gasteiger partial charge in [0.05, 0.1) is 0 Å². The van der Waals surface area contributed by atoms with Gasteiger partial charge >= 0.3 is 0 Å². The Morgan fingerprint density at radius 1 is 0.688 bits per heavy atom. The molecule has 2 heteroatoms. The average molecular weight is 449 g/mol. The zero-order chi connectivity index (χ0) is 24.3. The normalized spacial score (nSPS) is 28.5. The summed E-state index contributed by atoms with van der Waals surface area (Å²) in [5.41, 5.74) is 5.52. The predicted octanol–water partition coefficient (Wildman–Crippen LogP) is 9.00. The van der Waals surface area contributed by atoms with Crippen LogP contribution in [0.4, 0.5) is 0 Å². The fraction of sp³-hybridized carbons (Fsp3) is 1.00. The second kappa shape index (κ2) is 10.7. The summed E-state index contributed by atoms with van der Waals surface area (Å²) in [4.78, 5) is 0. The molecule has 32 heavy (non-hydrogen) atoms. The van der Waals surface area contributed by atoms with Crippen LogP contribution in [0.2, 0.25) is 0 Å². The molecule has 0 aromatic carbocycles. The molecule has 0 amide bonds. The van der Waals surface area contributed by atoms with Crippen LogP contribution in [0.3, 0.4) is 0 Å². The molecule has 2 atom stereocenters.